The molecule has 1 atom stereocenters. The van der Waals surface area contributed by atoms with E-state index >= 15 is 0 Å². The van der Waals surface area contributed by atoms with E-state index in [1.807, 2.05) is 31.2 Å². The first-order valence-electron chi connectivity index (χ1n) is 7.31. The van der Waals surface area contributed by atoms with Crippen molar-refractivity contribution in [3.8, 4) is 0 Å². The highest BCUT2D eigenvalue weighted by molar-refractivity contribution is 5.89. The molecule has 1 aromatic heterocycles. The number of aliphatic hydroxyl groups is 1. The maximum Gasteiger partial charge on any atom is 0.322 e. The third kappa shape index (κ3) is 2.69. The minimum Gasteiger partial charge on any atom is -0.383 e. The molecular formula is C16H20N4O2. The highest BCUT2D eigenvalue weighted by atomic mass is 16.3. The van der Waals surface area contributed by atoms with E-state index in [9.17, 15) is 9.90 Å². The second kappa shape index (κ2) is 5.46. The molecule has 0 spiro atoms. The van der Waals surface area contributed by atoms with Crippen LogP contribution >= 0.6 is 0 Å². The van der Waals surface area contributed by atoms with E-state index < -0.39 is 5.60 Å². The summed E-state index contributed by atoms with van der Waals surface area (Å²) < 4.78 is 1.63. The van der Waals surface area contributed by atoms with Crippen LogP contribution in [0.1, 0.15) is 17.5 Å². The Morgan fingerprint density at radius 1 is 1.41 bits per heavy atom. The van der Waals surface area contributed by atoms with Crippen molar-refractivity contribution in [1.82, 2.24) is 14.7 Å². The van der Waals surface area contributed by atoms with Crippen LogP contribution in [0.25, 0.3) is 0 Å². The number of nitrogens with zero attached hydrogens (tertiary/aromatic N) is 3. The molecule has 2 N–H and O–H groups in total. The number of amides is 2. The number of hydrogen-bond acceptors (Lipinski definition) is 3. The molecule has 22 heavy (non-hydrogen) atoms. The van der Waals surface area contributed by atoms with Gasteiger partial charge in [-0.25, -0.2) is 4.79 Å². The minimum absolute atomic E-state index is 0.211. The molecule has 0 radical (unpaired) electrons. The van der Waals surface area contributed by atoms with Gasteiger partial charge in [0.1, 0.15) is 5.60 Å². The smallest absolute Gasteiger partial charge is 0.322 e. The second-order valence-corrected chi connectivity index (χ2v) is 5.85. The molecule has 2 heterocycles. The molecule has 1 aromatic carbocycles. The minimum atomic E-state index is -0.975. The van der Waals surface area contributed by atoms with Crippen LogP contribution in [0.15, 0.2) is 36.7 Å². The van der Waals surface area contributed by atoms with Crippen LogP contribution in [-0.4, -0.2) is 38.9 Å². The molecule has 1 aliphatic rings. The zero-order valence-electron chi connectivity index (χ0n) is 12.8. The molecule has 6 nitrogen and oxygen atoms in total. The molecule has 3 rings (SSSR count). The van der Waals surface area contributed by atoms with Crippen LogP contribution < -0.4 is 5.32 Å². The van der Waals surface area contributed by atoms with Gasteiger partial charge in [-0.1, -0.05) is 24.3 Å². The van der Waals surface area contributed by atoms with Crippen molar-refractivity contribution in [2.24, 2.45) is 7.05 Å². The molecule has 6 heteroatoms. The lowest BCUT2D eigenvalue weighted by atomic mass is 9.89. The highest BCUT2D eigenvalue weighted by Crippen LogP contribution is 2.33. The number of aryl methyl sites for hydroxylation is 2. The second-order valence-electron chi connectivity index (χ2n) is 5.85. The lowest BCUT2D eigenvalue weighted by Crippen LogP contribution is -2.37. The van der Waals surface area contributed by atoms with Gasteiger partial charge in [0.05, 0.1) is 18.4 Å². The summed E-state index contributed by atoms with van der Waals surface area (Å²) in [5.41, 5.74) is 1.61. The fourth-order valence-corrected chi connectivity index (χ4v) is 2.97. The maximum absolute atomic E-state index is 12.3. The number of benzene rings is 1. The van der Waals surface area contributed by atoms with Crippen LogP contribution in [0.5, 0.6) is 0 Å². The normalized spacial score (nSPS) is 21.1. The number of anilines is 1. The number of likely N-dealkylation sites (tertiary alicyclic amines) is 1. The fraction of sp³-hybridized carbons (Fsp3) is 0.375. The summed E-state index contributed by atoms with van der Waals surface area (Å²) >= 11 is 0. The van der Waals surface area contributed by atoms with Gasteiger partial charge in [0.15, 0.2) is 0 Å². The molecule has 0 saturated carbocycles. The highest BCUT2D eigenvalue weighted by Gasteiger charge is 2.40. The summed E-state index contributed by atoms with van der Waals surface area (Å²) in [6.45, 7) is 2.80. The van der Waals surface area contributed by atoms with E-state index in [-0.39, 0.29) is 6.03 Å². The lowest BCUT2D eigenvalue weighted by molar-refractivity contribution is 0.0494. The molecule has 0 bridgehead atoms. The van der Waals surface area contributed by atoms with Crippen molar-refractivity contribution >= 4 is 11.7 Å². The number of hydrogen-bond donors (Lipinski definition) is 2. The molecule has 1 aliphatic heterocycles. The van der Waals surface area contributed by atoms with Crippen LogP contribution in [0, 0.1) is 6.92 Å². The summed E-state index contributed by atoms with van der Waals surface area (Å²) in [5.74, 6) is 0. The molecular weight excluding hydrogens is 280 g/mol. The monoisotopic (exact) mass is 300 g/mol. The summed E-state index contributed by atoms with van der Waals surface area (Å²) in [5, 5.41) is 17.7. The van der Waals surface area contributed by atoms with Gasteiger partial charge in [-0.15, -0.1) is 0 Å². The zero-order chi connectivity index (χ0) is 15.7. The largest absolute Gasteiger partial charge is 0.383 e. The Kier molecular flexibility index (Phi) is 3.62. The van der Waals surface area contributed by atoms with E-state index in [1.54, 1.807) is 29.0 Å². The fourth-order valence-electron chi connectivity index (χ4n) is 2.97. The van der Waals surface area contributed by atoms with Crippen molar-refractivity contribution in [1.29, 1.82) is 0 Å². The number of nitrogens with one attached hydrogen (secondary N) is 1. The van der Waals surface area contributed by atoms with E-state index in [2.05, 4.69) is 10.4 Å². The van der Waals surface area contributed by atoms with Gasteiger partial charge < -0.3 is 15.3 Å². The number of carbonyl (C=O) groups excluding carboxylic acids is 1. The number of rotatable bonds is 2. The molecule has 116 valence electrons. The summed E-state index contributed by atoms with van der Waals surface area (Å²) in [4.78, 5) is 13.9. The van der Waals surface area contributed by atoms with Crippen LogP contribution in [0.2, 0.25) is 0 Å². The van der Waals surface area contributed by atoms with Gasteiger partial charge in [0.2, 0.25) is 0 Å². The summed E-state index contributed by atoms with van der Waals surface area (Å²) in [6, 6.07) is 7.56. The van der Waals surface area contributed by atoms with Crippen LogP contribution in [0.3, 0.4) is 0 Å². The first-order chi connectivity index (χ1) is 10.5. The van der Waals surface area contributed by atoms with Crippen molar-refractivity contribution in [2.75, 3.05) is 18.4 Å². The molecule has 0 unspecified atom stereocenters. The van der Waals surface area contributed by atoms with Gasteiger partial charge in [-0.3, -0.25) is 4.68 Å². The number of carbonyl (C=O) groups is 1. The third-order valence-electron chi connectivity index (χ3n) is 4.14. The molecule has 2 aromatic rings. The summed E-state index contributed by atoms with van der Waals surface area (Å²) in [7, 11) is 1.79. The van der Waals surface area contributed by atoms with Gasteiger partial charge >= 0.3 is 6.03 Å². The van der Waals surface area contributed by atoms with E-state index in [4.69, 9.17) is 0 Å². The Bertz CT molecular complexity index is 697. The van der Waals surface area contributed by atoms with E-state index in [1.165, 1.54) is 0 Å². The predicted octanol–water partition coefficient (Wildman–Crippen LogP) is 1.85. The van der Waals surface area contributed by atoms with Crippen LogP contribution in [0.4, 0.5) is 10.5 Å². The maximum atomic E-state index is 12.3. The average molecular weight is 300 g/mol. The SMILES string of the molecule is Cc1ccccc1[C@@]1(O)CCN(C(=O)Nc2cnn(C)c2)C1. The van der Waals surface area contributed by atoms with Crippen molar-refractivity contribution in [3.63, 3.8) is 0 Å². The Hall–Kier alpha value is -2.34. The lowest BCUT2D eigenvalue weighted by Gasteiger charge is -2.25. The zero-order valence-corrected chi connectivity index (χ0v) is 12.8. The Balaban J connectivity index is 1.71. The van der Waals surface area contributed by atoms with Gasteiger partial charge in [0, 0.05) is 19.8 Å². The van der Waals surface area contributed by atoms with Crippen molar-refractivity contribution in [2.45, 2.75) is 18.9 Å². The number of β-amino-alcohol motifs (C(OH)–C–C–N with tert-alkyl or cyclic N) is 1. The third-order valence-corrected chi connectivity index (χ3v) is 4.14. The quantitative estimate of drug-likeness (QED) is 0.889. The number of urea groups is 1. The molecule has 1 fully saturated rings. The van der Waals surface area contributed by atoms with E-state index in [0.29, 0.717) is 25.2 Å². The Labute approximate surface area is 129 Å². The van der Waals surface area contributed by atoms with Gasteiger partial charge in [0.25, 0.3) is 0 Å². The molecule has 2 amide bonds. The number of aromatic nitrogens is 2. The van der Waals surface area contributed by atoms with E-state index in [0.717, 1.165) is 11.1 Å². The van der Waals surface area contributed by atoms with Gasteiger partial charge in [-0.2, -0.15) is 5.10 Å². The van der Waals surface area contributed by atoms with Gasteiger partial charge in [-0.05, 0) is 24.5 Å². The molecule has 0 aliphatic carbocycles. The first-order valence-corrected chi connectivity index (χ1v) is 7.31. The standard InChI is InChI=1S/C16H20N4O2/c1-12-5-3-4-6-14(12)16(22)7-8-20(11-16)15(21)18-13-9-17-19(2)10-13/h3-6,9-10,22H,7-8,11H2,1-2H3,(H,18,21)/t16-/m1/s1. The van der Waals surface area contributed by atoms with Crippen molar-refractivity contribution < 1.29 is 9.90 Å². The first kappa shape index (κ1) is 14.6. The Morgan fingerprint density at radius 3 is 2.86 bits per heavy atom. The van der Waals surface area contributed by atoms with Crippen LogP contribution in [-0.2, 0) is 12.6 Å². The Morgan fingerprint density at radius 2 is 2.18 bits per heavy atom. The predicted molar refractivity (Wildman–Crippen MR) is 83.5 cm³/mol. The average Bonchev–Trinajstić information content (AvgIpc) is 3.06. The molecule has 1 saturated heterocycles. The summed E-state index contributed by atoms with van der Waals surface area (Å²) in [6.07, 6.45) is 3.88. The van der Waals surface area contributed by atoms with Crippen molar-refractivity contribution in [3.05, 3.63) is 47.8 Å². The topological polar surface area (TPSA) is 70.4 Å².